The number of aromatic nitrogens is 2. The first-order valence-corrected chi connectivity index (χ1v) is 18.7. The van der Waals surface area contributed by atoms with E-state index in [0.717, 1.165) is 12.0 Å². The van der Waals surface area contributed by atoms with Crippen LogP contribution in [0.3, 0.4) is 0 Å². The molecular weight excluding hydrogens is 725 g/mol. The van der Waals surface area contributed by atoms with Crippen LogP contribution in [0.5, 0.6) is 0 Å². The Morgan fingerprint density at radius 2 is 1.58 bits per heavy atom. The van der Waals surface area contributed by atoms with E-state index >= 15 is 0 Å². The number of likely N-dealkylation sites (tertiary alicyclic amines) is 2. The highest BCUT2D eigenvalue weighted by atomic mass is 16.5. The van der Waals surface area contributed by atoms with Crippen molar-refractivity contribution >= 4 is 35.4 Å². The summed E-state index contributed by atoms with van der Waals surface area (Å²) in [6, 6.07) is 15.9. The van der Waals surface area contributed by atoms with Crippen molar-refractivity contribution in [1.29, 1.82) is 0 Å². The number of hydrogen-bond acceptors (Lipinski definition) is 8. The molecule has 3 heterocycles. The Labute approximate surface area is 333 Å². The monoisotopic (exact) mass is 772 g/mol. The third-order valence-electron chi connectivity index (χ3n) is 9.77. The van der Waals surface area contributed by atoms with Crippen LogP contribution in [0.25, 0.3) is 5.57 Å². The van der Waals surface area contributed by atoms with Crippen molar-refractivity contribution in [2.45, 2.75) is 63.7 Å². The number of allylic oxidation sites excluding steroid dienone is 3. The molecule has 5 N–H and O–H groups in total. The SMILES string of the molecule is C=C/C(=C(/C#CC#Cc1cnc([C@@H]2CCCN2C(=O)[C@H](NC(=O)OC)c2ccccc2)[nH]1)N=C(N)[C@@H]1CCCN1C(=O)[C@@H](NC(=O)OC)C(C)C)c1ccccc1. The molecule has 296 valence electrons. The number of nitrogens with zero attached hydrogens (tertiary/aromatic N) is 4. The molecular formula is C43H48N8O6. The second-order valence-electron chi connectivity index (χ2n) is 13.8. The average Bonchev–Trinajstić information content (AvgIpc) is 4.02. The zero-order valence-corrected chi connectivity index (χ0v) is 32.6. The number of H-pyrrole nitrogens is 1. The summed E-state index contributed by atoms with van der Waals surface area (Å²) in [6.07, 6.45) is 4.55. The Hall–Kier alpha value is -6.80. The fourth-order valence-corrected chi connectivity index (χ4v) is 6.89. The predicted molar refractivity (Wildman–Crippen MR) is 216 cm³/mol. The van der Waals surface area contributed by atoms with Gasteiger partial charge in [0, 0.05) is 18.7 Å². The zero-order chi connectivity index (χ0) is 40.9. The van der Waals surface area contributed by atoms with Crippen LogP contribution >= 0.6 is 0 Å². The first kappa shape index (κ1) is 41.4. The van der Waals surface area contributed by atoms with E-state index in [1.165, 1.54) is 14.2 Å². The summed E-state index contributed by atoms with van der Waals surface area (Å²) in [5, 5.41) is 5.32. The lowest BCUT2D eigenvalue weighted by atomic mass is 10.0. The normalized spacial score (nSPS) is 17.9. The van der Waals surface area contributed by atoms with Gasteiger partial charge >= 0.3 is 12.2 Å². The van der Waals surface area contributed by atoms with Gasteiger partial charge in [-0.15, -0.1) is 0 Å². The van der Waals surface area contributed by atoms with Crippen molar-refractivity contribution in [3.05, 3.63) is 108 Å². The van der Waals surface area contributed by atoms with E-state index in [4.69, 9.17) is 20.2 Å². The summed E-state index contributed by atoms with van der Waals surface area (Å²) >= 11 is 0. The second kappa shape index (κ2) is 19.7. The highest BCUT2D eigenvalue weighted by molar-refractivity contribution is 5.95. The van der Waals surface area contributed by atoms with Crippen molar-refractivity contribution in [1.82, 2.24) is 30.4 Å². The van der Waals surface area contributed by atoms with Crippen LogP contribution in [-0.4, -0.2) is 89.0 Å². The molecule has 0 aliphatic carbocycles. The molecule has 14 nitrogen and oxygen atoms in total. The van der Waals surface area contributed by atoms with Gasteiger partial charge in [-0.3, -0.25) is 9.59 Å². The van der Waals surface area contributed by atoms with Gasteiger partial charge in [-0.05, 0) is 66.4 Å². The topological polar surface area (TPSA) is 184 Å². The van der Waals surface area contributed by atoms with E-state index in [-0.39, 0.29) is 29.6 Å². The van der Waals surface area contributed by atoms with Gasteiger partial charge in [0.25, 0.3) is 5.91 Å². The summed E-state index contributed by atoms with van der Waals surface area (Å²) in [6.45, 7) is 8.64. The molecule has 0 bridgehead atoms. The fraction of sp³-hybridized carbons (Fsp3) is 0.349. The number of nitrogens with one attached hydrogen (secondary N) is 3. The Kier molecular flexibility index (Phi) is 14.3. The predicted octanol–water partition coefficient (Wildman–Crippen LogP) is 4.85. The number of carbonyl (C=O) groups is 4. The molecule has 4 amide bonds. The Morgan fingerprint density at radius 1 is 0.930 bits per heavy atom. The third kappa shape index (κ3) is 10.3. The molecule has 3 aromatic rings. The van der Waals surface area contributed by atoms with Crippen LogP contribution in [0.4, 0.5) is 9.59 Å². The molecule has 0 unspecified atom stereocenters. The maximum absolute atomic E-state index is 13.9. The van der Waals surface area contributed by atoms with Crippen molar-refractivity contribution in [2.75, 3.05) is 27.3 Å². The van der Waals surface area contributed by atoms with E-state index in [1.807, 2.05) is 50.2 Å². The molecule has 14 heteroatoms. The maximum Gasteiger partial charge on any atom is 0.407 e. The lowest BCUT2D eigenvalue weighted by Gasteiger charge is -2.30. The minimum atomic E-state index is -0.934. The van der Waals surface area contributed by atoms with Gasteiger partial charge in [0.2, 0.25) is 5.91 Å². The van der Waals surface area contributed by atoms with Crippen LogP contribution in [-0.2, 0) is 19.1 Å². The van der Waals surface area contributed by atoms with Crippen LogP contribution < -0.4 is 16.4 Å². The maximum atomic E-state index is 13.9. The number of amides is 4. The number of amidine groups is 1. The van der Waals surface area contributed by atoms with Crippen molar-refractivity contribution < 1.29 is 28.7 Å². The minimum Gasteiger partial charge on any atom is -0.453 e. The molecule has 5 rings (SSSR count). The highest BCUT2D eigenvalue weighted by Crippen LogP contribution is 2.33. The lowest BCUT2D eigenvalue weighted by molar-refractivity contribution is -0.135. The number of carbonyl (C=O) groups excluding carboxylic acids is 4. The van der Waals surface area contributed by atoms with Crippen molar-refractivity contribution in [3.8, 4) is 23.7 Å². The number of imidazole rings is 1. The van der Waals surface area contributed by atoms with E-state index in [2.05, 4.69) is 50.9 Å². The van der Waals surface area contributed by atoms with Gasteiger partial charge in [-0.25, -0.2) is 19.6 Å². The first-order valence-electron chi connectivity index (χ1n) is 18.7. The van der Waals surface area contributed by atoms with E-state index in [1.54, 1.807) is 46.3 Å². The van der Waals surface area contributed by atoms with Crippen molar-refractivity contribution in [2.24, 2.45) is 16.6 Å². The molecule has 0 saturated carbocycles. The van der Waals surface area contributed by atoms with Gasteiger partial charge in [0.15, 0.2) is 0 Å². The molecule has 2 aromatic carbocycles. The first-order chi connectivity index (χ1) is 27.6. The standard InChI is InChI=1S/C43H48N8O6/c1-6-32(29-17-9-7-10-18-29)33(47-38(44)34-23-15-25-50(34)40(52)36(28(2)3)48-42(54)56-4)22-14-13-21-31-27-45-39(46-31)35-24-16-26-51(35)41(53)37(49-43(55)57-5)30-19-11-8-12-20-30/h6-12,17-20,27-28,34-37H,1,15-16,23-26H2,2-5H3,(H2,44,47)(H,45,46)(H,48,54)(H,49,55)/b33-32+/t34-,35-,36-,37+/m0/s1. The molecule has 4 atom stereocenters. The molecule has 57 heavy (non-hydrogen) atoms. The van der Waals surface area contributed by atoms with E-state index < -0.39 is 30.3 Å². The van der Waals surface area contributed by atoms with Gasteiger partial charge in [-0.2, -0.15) is 0 Å². The zero-order valence-electron chi connectivity index (χ0n) is 32.6. The number of aromatic amines is 1. The third-order valence-corrected chi connectivity index (χ3v) is 9.77. The number of benzene rings is 2. The molecule has 1 aromatic heterocycles. The summed E-state index contributed by atoms with van der Waals surface area (Å²) in [7, 11) is 2.50. The van der Waals surface area contributed by atoms with Gasteiger partial charge in [-0.1, -0.05) is 87.2 Å². The molecule has 2 aliphatic heterocycles. The summed E-state index contributed by atoms with van der Waals surface area (Å²) in [4.78, 5) is 67.7. The molecule has 2 aliphatic rings. The Bertz CT molecular complexity index is 2120. The summed E-state index contributed by atoms with van der Waals surface area (Å²) in [5.74, 6) is 11.8. The van der Waals surface area contributed by atoms with Gasteiger partial charge in [0.1, 0.15) is 35.1 Å². The molecule has 2 fully saturated rings. The number of rotatable bonds is 11. The second-order valence-corrected chi connectivity index (χ2v) is 13.8. The number of hydrogen-bond donors (Lipinski definition) is 4. The van der Waals surface area contributed by atoms with E-state index in [9.17, 15) is 19.2 Å². The molecule has 0 spiro atoms. The summed E-state index contributed by atoms with van der Waals surface area (Å²) < 4.78 is 9.55. The largest absolute Gasteiger partial charge is 0.453 e. The van der Waals surface area contributed by atoms with Crippen LogP contribution in [0.1, 0.15) is 74.3 Å². The van der Waals surface area contributed by atoms with Crippen LogP contribution in [0.2, 0.25) is 0 Å². The van der Waals surface area contributed by atoms with Crippen LogP contribution in [0.15, 0.2) is 90.2 Å². The lowest BCUT2D eigenvalue weighted by Crippen LogP contribution is -2.54. The quantitative estimate of drug-likeness (QED) is 0.0923. The average molecular weight is 773 g/mol. The number of aliphatic imine (C=N–C) groups is 1. The van der Waals surface area contributed by atoms with Gasteiger partial charge in [0.05, 0.1) is 32.5 Å². The minimum absolute atomic E-state index is 0.194. The Balaban J connectivity index is 1.40. The summed E-state index contributed by atoms with van der Waals surface area (Å²) in [5.41, 5.74) is 9.54. The van der Waals surface area contributed by atoms with Gasteiger partial charge < -0.3 is 40.6 Å². The number of ether oxygens (including phenoxy) is 2. The number of methoxy groups -OCH3 is 2. The number of alkyl carbamates (subject to hydrolysis) is 2. The fourth-order valence-electron chi connectivity index (χ4n) is 6.89. The highest BCUT2D eigenvalue weighted by Gasteiger charge is 2.38. The van der Waals surface area contributed by atoms with E-state index in [0.29, 0.717) is 60.7 Å². The number of nitrogens with two attached hydrogens (primary N) is 1. The smallest absolute Gasteiger partial charge is 0.407 e. The Morgan fingerprint density at radius 3 is 2.25 bits per heavy atom. The van der Waals surface area contributed by atoms with Crippen molar-refractivity contribution in [3.63, 3.8) is 0 Å². The molecule has 0 radical (unpaired) electrons. The van der Waals surface area contributed by atoms with Crippen LogP contribution in [0, 0.1) is 29.6 Å². The molecule has 2 saturated heterocycles.